The van der Waals surface area contributed by atoms with Crippen molar-refractivity contribution in [1.82, 2.24) is 9.38 Å². The van der Waals surface area contributed by atoms with Crippen LogP contribution in [0.3, 0.4) is 0 Å². The molecule has 3 aromatic rings. The van der Waals surface area contributed by atoms with Gasteiger partial charge in [0.2, 0.25) is 0 Å². The van der Waals surface area contributed by atoms with Gasteiger partial charge in [-0.15, -0.1) is 11.3 Å². The second-order valence-corrected chi connectivity index (χ2v) is 6.91. The zero-order valence-corrected chi connectivity index (χ0v) is 16.4. The summed E-state index contributed by atoms with van der Waals surface area (Å²) >= 11 is 1.36. The minimum atomic E-state index is -0.300. The Hall–Kier alpha value is -2.87. The normalized spacial score (nSPS) is 10.8. The van der Waals surface area contributed by atoms with Crippen molar-refractivity contribution in [2.75, 3.05) is 20.8 Å². The molecule has 2 heterocycles. The molecule has 0 aliphatic heterocycles. The summed E-state index contributed by atoms with van der Waals surface area (Å²) in [7, 11) is 3.14. The molecule has 0 atom stereocenters. The number of nitrogens with zero attached hydrogens (tertiary/aromatic N) is 2. The number of imidazole rings is 1. The molecule has 2 aromatic heterocycles. The number of fused-ring (bicyclic) bond motifs is 1. The highest BCUT2D eigenvalue weighted by atomic mass is 32.1. The van der Waals surface area contributed by atoms with E-state index >= 15 is 0 Å². The molecule has 0 amide bonds. The van der Waals surface area contributed by atoms with Crippen molar-refractivity contribution in [2.45, 2.75) is 20.3 Å². The number of aromatic nitrogens is 2. The third-order valence-corrected chi connectivity index (χ3v) is 5.11. The van der Waals surface area contributed by atoms with E-state index in [0.717, 1.165) is 22.3 Å². The lowest BCUT2D eigenvalue weighted by Gasteiger charge is -2.12. The smallest absolute Gasteiger partial charge is 0.311 e. The molecule has 3 rings (SSSR count). The van der Waals surface area contributed by atoms with Gasteiger partial charge in [0, 0.05) is 16.6 Å². The molecule has 0 aliphatic carbocycles. The van der Waals surface area contributed by atoms with Crippen molar-refractivity contribution in [2.24, 2.45) is 0 Å². The molecule has 0 unspecified atom stereocenters. The molecule has 1 aromatic carbocycles. The first-order chi connectivity index (χ1) is 13.0. The standard InChI is InChI=1S/C19H20N2O5S/c1-5-26-17(23)7-12-9-21-14(10-22)18(20-19(21)27-12)13-8-16(25-4)15(24-3)6-11(13)2/h6,8-10H,5,7H2,1-4H3. The molecular formula is C19H20N2O5S. The van der Waals surface area contributed by atoms with Crippen LogP contribution in [0.2, 0.25) is 0 Å². The molecule has 0 spiro atoms. The summed E-state index contributed by atoms with van der Waals surface area (Å²) in [6.07, 6.45) is 2.68. The van der Waals surface area contributed by atoms with E-state index in [1.807, 2.05) is 19.1 Å². The molecule has 0 saturated heterocycles. The minimum absolute atomic E-state index is 0.158. The van der Waals surface area contributed by atoms with Gasteiger partial charge in [-0.3, -0.25) is 14.0 Å². The number of rotatable bonds is 7. The van der Waals surface area contributed by atoms with Gasteiger partial charge in [-0.05, 0) is 31.5 Å². The largest absolute Gasteiger partial charge is 0.493 e. The number of ether oxygens (including phenoxy) is 3. The van der Waals surface area contributed by atoms with Crippen molar-refractivity contribution >= 4 is 28.6 Å². The average Bonchev–Trinajstić information content (AvgIpc) is 3.18. The van der Waals surface area contributed by atoms with E-state index in [2.05, 4.69) is 4.98 Å². The molecule has 0 fully saturated rings. The lowest BCUT2D eigenvalue weighted by molar-refractivity contribution is -0.142. The third-order valence-electron chi connectivity index (χ3n) is 4.13. The zero-order chi connectivity index (χ0) is 19.6. The van der Waals surface area contributed by atoms with Gasteiger partial charge in [-0.25, -0.2) is 4.98 Å². The van der Waals surface area contributed by atoms with Crippen LogP contribution in [0.25, 0.3) is 16.2 Å². The van der Waals surface area contributed by atoms with Crippen molar-refractivity contribution < 1.29 is 23.8 Å². The highest BCUT2D eigenvalue weighted by Gasteiger charge is 2.20. The number of thiazole rings is 1. The zero-order valence-electron chi connectivity index (χ0n) is 15.6. The molecule has 0 bridgehead atoms. The van der Waals surface area contributed by atoms with Crippen molar-refractivity contribution in [3.05, 3.63) is 34.5 Å². The molecule has 8 heteroatoms. The Morgan fingerprint density at radius 1 is 1.26 bits per heavy atom. The van der Waals surface area contributed by atoms with Crippen LogP contribution in [0, 0.1) is 6.92 Å². The van der Waals surface area contributed by atoms with Crippen molar-refractivity contribution in [1.29, 1.82) is 0 Å². The highest BCUT2D eigenvalue weighted by Crippen LogP contribution is 2.37. The lowest BCUT2D eigenvalue weighted by Crippen LogP contribution is -2.06. The average molecular weight is 388 g/mol. The van der Waals surface area contributed by atoms with E-state index in [1.54, 1.807) is 31.7 Å². The molecular weight excluding hydrogens is 368 g/mol. The number of carbonyl (C=O) groups excluding carboxylic acids is 2. The Kier molecular flexibility index (Phi) is 5.46. The first-order valence-corrected chi connectivity index (χ1v) is 9.18. The van der Waals surface area contributed by atoms with Crippen molar-refractivity contribution in [3.8, 4) is 22.8 Å². The summed E-state index contributed by atoms with van der Waals surface area (Å²) in [6.45, 7) is 4.02. The topological polar surface area (TPSA) is 79.1 Å². The van der Waals surface area contributed by atoms with Gasteiger partial charge in [0.1, 0.15) is 11.4 Å². The second-order valence-electron chi connectivity index (χ2n) is 5.82. The molecule has 142 valence electrons. The number of carbonyl (C=O) groups is 2. The lowest BCUT2D eigenvalue weighted by atomic mass is 10.0. The predicted molar refractivity (Wildman–Crippen MR) is 102 cm³/mol. The van der Waals surface area contributed by atoms with Gasteiger partial charge in [0.25, 0.3) is 0 Å². The summed E-state index contributed by atoms with van der Waals surface area (Å²) in [5.41, 5.74) is 2.69. The first-order valence-electron chi connectivity index (χ1n) is 8.36. The van der Waals surface area contributed by atoms with Gasteiger partial charge in [0.05, 0.1) is 27.2 Å². The quantitative estimate of drug-likeness (QED) is 0.456. The van der Waals surface area contributed by atoms with E-state index in [4.69, 9.17) is 14.2 Å². The third kappa shape index (κ3) is 3.52. The van der Waals surface area contributed by atoms with Crippen LogP contribution in [-0.4, -0.2) is 42.5 Å². The SMILES string of the molecule is CCOC(=O)Cc1cn2c(C=O)c(-c3cc(OC)c(OC)cc3C)nc2s1. The van der Waals surface area contributed by atoms with Crippen LogP contribution < -0.4 is 9.47 Å². The van der Waals surface area contributed by atoms with E-state index in [-0.39, 0.29) is 12.4 Å². The van der Waals surface area contributed by atoms with Crippen molar-refractivity contribution in [3.63, 3.8) is 0 Å². The van der Waals surface area contributed by atoms with Gasteiger partial charge >= 0.3 is 5.97 Å². The fourth-order valence-electron chi connectivity index (χ4n) is 2.89. The van der Waals surface area contributed by atoms with Crippen LogP contribution in [0.4, 0.5) is 0 Å². The van der Waals surface area contributed by atoms with Crippen LogP contribution in [0.1, 0.15) is 27.9 Å². The number of hydrogen-bond acceptors (Lipinski definition) is 7. The first kappa shape index (κ1) is 18.9. The van der Waals surface area contributed by atoms with E-state index in [0.29, 0.717) is 34.5 Å². The van der Waals surface area contributed by atoms with Gasteiger partial charge in [-0.2, -0.15) is 0 Å². The maximum absolute atomic E-state index is 11.8. The maximum Gasteiger partial charge on any atom is 0.311 e. The van der Waals surface area contributed by atoms with E-state index in [1.165, 1.54) is 11.3 Å². The van der Waals surface area contributed by atoms with E-state index in [9.17, 15) is 9.59 Å². The number of aryl methyl sites for hydroxylation is 1. The van der Waals surface area contributed by atoms with Gasteiger partial charge < -0.3 is 14.2 Å². The monoisotopic (exact) mass is 388 g/mol. The Bertz CT molecular complexity index is 1010. The summed E-state index contributed by atoms with van der Waals surface area (Å²) < 4.78 is 17.4. The molecule has 0 saturated carbocycles. The van der Waals surface area contributed by atoms with Crippen LogP contribution in [-0.2, 0) is 16.0 Å². The Labute approximate surface area is 160 Å². The fourth-order valence-corrected chi connectivity index (χ4v) is 3.86. The van der Waals surface area contributed by atoms with Gasteiger partial charge in [-0.1, -0.05) is 0 Å². The number of esters is 1. The highest BCUT2D eigenvalue weighted by molar-refractivity contribution is 7.17. The molecule has 0 radical (unpaired) electrons. The number of aldehydes is 1. The fraction of sp³-hybridized carbons (Fsp3) is 0.316. The number of hydrogen-bond donors (Lipinski definition) is 0. The Balaban J connectivity index is 2.07. The second kappa shape index (κ2) is 7.79. The Morgan fingerprint density at radius 2 is 1.96 bits per heavy atom. The van der Waals surface area contributed by atoms with Crippen LogP contribution >= 0.6 is 11.3 Å². The van der Waals surface area contributed by atoms with Crippen LogP contribution in [0.5, 0.6) is 11.5 Å². The molecule has 27 heavy (non-hydrogen) atoms. The molecule has 7 nitrogen and oxygen atoms in total. The van der Waals surface area contributed by atoms with E-state index < -0.39 is 0 Å². The number of benzene rings is 1. The maximum atomic E-state index is 11.8. The number of methoxy groups -OCH3 is 2. The molecule has 0 N–H and O–H groups in total. The molecule has 0 aliphatic rings. The summed E-state index contributed by atoms with van der Waals surface area (Å²) in [5, 5.41) is 0. The van der Waals surface area contributed by atoms with Crippen LogP contribution in [0.15, 0.2) is 18.3 Å². The Morgan fingerprint density at radius 3 is 2.59 bits per heavy atom. The minimum Gasteiger partial charge on any atom is -0.493 e. The predicted octanol–water partition coefficient (Wildman–Crippen LogP) is 3.31. The van der Waals surface area contributed by atoms with Gasteiger partial charge in [0.15, 0.2) is 22.7 Å². The summed E-state index contributed by atoms with van der Waals surface area (Å²) in [5.74, 6) is 0.879. The summed E-state index contributed by atoms with van der Waals surface area (Å²) in [4.78, 5) is 29.5. The summed E-state index contributed by atoms with van der Waals surface area (Å²) in [6, 6.07) is 3.66.